The van der Waals surface area contributed by atoms with Crippen molar-refractivity contribution in [1.82, 2.24) is 15.1 Å². The third-order valence-corrected chi connectivity index (χ3v) is 5.78. The lowest BCUT2D eigenvalue weighted by atomic mass is 9.84. The minimum absolute atomic E-state index is 0.0332. The van der Waals surface area contributed by atoms with Crippen LogP contribution >= 0.6 is 23.2 Å². The van der Waals surface area contributed by atoms with Crippen molar-refractivity contribution in [3.8, 4) is 0 Å². The van der Waals surface area contributed by atoms with Gasteiger partial charge in [-0.1, -0.05) is 29.2 Å². The molecule has 7 heteroatoms. The molecule has 0 spiro atoms. The van der Waals surface area contributed by atoms with Gasteiger partial charge in [0.05, 0.1) is 19.8 Å². The molecule has 1 aromatic carbocycles. The summed E-state index contributed by atoms with van der Waals surface area (Å²) in [5.74, 6) is -0.728. The molecule has 3 rings (SSSR count). The zero-order valence-corrected chi connectivity index (χ0v) is 16.8. The number of rotatable bonds is 5. The van der Waals surface area contributed by atoms with Crippen molar-refractivity contribution in [1.29, 1.82) is 0 Å². The van der Waals surface area contributed by atoms with Crippen LogP contribution in [-0.4, -0.2) is 68.5 Å². The van der Waals surface area contributed by atoms with Crippen LogP contribution in [0.3, 0.4) is 0 Å². The number of hydrogen-bond donors (Lipinski definition) is 1. The molecule has 156 valence electrons. The number of benzene rings is 1. The lowest BCUT2D eigenvalue weighted by Gasteiger charge is -2.37. The van der Waals surface area contributed by atoms with Crippen LogP contribution in [0.1, 0.15) is 49.9 Å². The predicted octanol–water partition coefficient (Wildman–Crippen LogP) is 4.34. The maximum absolute atomic E-state index is 12.5. The molecule has 1 N–H and O–H groups in total. The third-order valence-electron chi connectivity index (χ3n) is 5.03. The summed E-state index contributed by atoms with van der Waals surface area (Å²) in [6, 6.07) is -2.85. The fourth-order valence-electron chi connectivity index (χ4n) is 3.42. The van der Waals surface area contributed by atoms with Crippen molar-refractivity contribution in [2.75, 3.05) is 51.5 Å². The molecule has 1 saturated heterocycles. The second-order valence-corrected chi connectivity index (χ2v) is 7.67. The topological polar surface area (TPSA) is 38.8 Å². The molecule has 0 unspecified atom stereocenters. The lowest BCUT2D eigenvalue weighted by Crippen LogP contribution is -2.47. The Morgan fingerprint density at radius 2 is 1.96 bits per heavy atom. The standard InChI is InChI=1S/C21H32Cl2N4O/c1-25(2)21(28)24-17-8-6-16(7-9-17)10-11-26-12-14-27(15-13-26)19-5-3-4-18(22)20(19)23/h3-5,16-17H,6-15H2,1-2H3,(H,24,28)/i1D3,2D3,3D,4D,5D,10D2,11D2. The molecule has 1 aliphatic carbocycles. The van der Waals surface area contributed by atoms with Gasteiger partial charge in [-0.2, -0.15) is 0 Å². The van der Waals surface area contributed by atoms with E-state index in [0.29, 0.717) is 0 Å². The van der Waals surface area contributed by atoms with Crippen LogP contribution < -0.4 is 10.2 Å². The monoisotopic (exact) mass is 439 g/mol. The zero-order chi connectivity index (χ0) is 31.3. The number of nitrogens with one attached hydrogen (secondary N) is 1. The second kappa shape index (κ2) is 10.0. The first kappa shape index (κ1) is 10.2. The van der Waals surface area contributed by atoms with Gasteiger partial charge in [-0.25, -0.2) is 4.79 Å². The van der Waals surface area contributed by atoms with E-state index >= 15 is 0 Å². The average Bonchev–Trinajstić information content (AvgIpc) is 2.85. The van der Waals surface area contributed by atoms with Gasteiger partial charge in [0.25, 0.3) is 0 Å². The molecule has 2 amide bonds. The third kappa shape index (κ3) is 5.68. The summed E-state index contributed by atoms with van der Waals surface area (Å²) < 4.78 is 103. The van der Waals surface area contributed by atoms with Gasteiger partial charge in [-0.3, -0.25) is 4.90 Å². The maximum atomic E-state index is 12.5. The fourth-order valence-corrected chi connectivity index (χ4v) is 3.77. The van der Waals surface area contributed by atoms with Crippen LogP contribution in [0.2, 0.25) is 10.0 Å². The highest BCUT2D eigenvalue weighted by molar-refractivity contribution is 6.43. The van der Waals surface area contributed by atoms with Gasteiger partial charge in [0, 0.05) is 59.9 Å². The van der Waals surface area contributed by atoms with E-state index < -0.39 is 44.8 Å². The molecule has 5 nitrogen and oxygen atoms in total. The van der Waals surface area contributed by atoms with Gasteiger partial charge in [0.1, 0.15) is 0 Å². The minimum Gasteiger partial charge on any atom is -0.368 e. The van der Waals surface area contributed by atoms with Gasteiger partial charge >= 0.3 is 6.03 Å². The molecule has 2 fully saturated rings. The number of nitrogens with zero attached hydrogens (tertiary/aromatic N) is 3. The smallest absolute Gasteiger partial charge is 0.317 e. The SMILES string of the molecule is [2H]c1c([2H])c(Cl)c(Cl)c(N2CCN(C([2H])([2H])C([2H])([2H])C3CCC(NC(=O)N(C([2H])([2H])[2H])C([2H])([2H])[2H])CC3)CC2)c1[2H]. The van der Waals surface area contributed by atoms with Gasteiger partial charge in [0.15, 0.2) is 0 Å². The Morgan fingerprint density at radius 1 is 1.25 bits per heavy atom. The summed E-state index contributed by atoms with van der Waals surface area (Å²) in [5, 5.41) is 2.24. The van der Waals surface area contributed by atoms with Gasteiger partial charge in [0.2, 0.25) is 0 Å². The Kier molecular flexibility index (Phi) is 3.67. The van der Waals surface area contributed by atoms with Crippen molar-refractivity contribution in [3.63, 3.8) is 0 Å². The number of anilines is 1. The summed E-state index contributed by atoms with van der Waals surface area (Å²) in [6.45, 7) is -8.23. The molecule has 0 atom stereocenters. The number of halogens is 2. The quantitative estimate of drug-likeness (QED) is 0.741. The zero-order valence-electron chi connectivity index (χ0n) is 28.3. The first-order chi connectivity index (χ1) is 18.6. The van der Waals surface area contributed by atoms with Crippen molar-refractivity contribution < 1.29 is 22.6 Å². The van der Waals surface area contributed by atoms with E-state index in [1.165, 1.54) is 4.90 Å². The Balaban J connectivity index is 1.64. The highest BCUT2D eigenvalue weighted by Gasteiger charge is 2.24. The van der Waals surface area contributed by atoms with E-state index in [0.717, 1.165) is 0 Å². The molecular formula is C21H32Cl2N4O. The van der Waals surface area contributed by atoms with Crippen molar-refractivity contribution >= 4 is 34.9 Å². The highest BCUT2D eigenvalue weighted by Crippen LogP contribution is 2.33. The normalized spacial score (nSPS) is 32.2. The molecule has 1 saturated carbocycles. The Labute approximate surface area is 197 Å². The first-order valence-electron chi connectivity index (χ1n) is 15.7. The first-order valence-corrected chi connectivity index (χ1v) is 9.93. The molecular weight excluding hydrogens is 395 g/mol. The Morgan fingerprint density at radius 3 is 2.64 bits per heavy atom. The van der Waals surface area contributed by atoms with Crippen LogP contribution in [0.15, 0.2) is 18.1 Å². The van der Waals surface area contributed by atoms with Crippen molar-refractivity contribution in [3.05, 3.63) is 28.2 Å². The van der Waals surface area contributed by atoms with E-state index in [4.69, 9.17) is 41.0 Å². The minimum atomic E-state index is -3.18. The number of hydrogen-bond acceptors (Lipinski definition) is 3. The molecule has 1 heterocycles. The van der Waals surface area contributed by atoms with E-state index in [2.05, 4.69) is 5.32 Å². The molecule has 2 aliphatic rings. The van der Waals surface area contributed by atoms with Crippen molar-refractivity contribution in [2.24, 2.45) is 5.92 Å². The van der Waals surface area contributed by atoms with Gasteiger partial charge < -0.3 is 15.1 Å². The van der Waals surface area contributed by atoms with Crippen molar-refractivity contribution in [2.45, 2.75) is 38.1 Å². The average molecular weight is 440 g/mol. The number of carbonyl (C=O) groups excluding carboxylic acids is 1. The van der Waals surface area contributed by atoms with Crippen LogP contribution in [0.25, 0.3) is 0 Å². The predicted molar refractivity (Wildman–Crippen MR) is 118 cm³/mol. The van der Waals surface area contributed by atoms with E-state index in [1.807, 2.05) is 0 Å². The maximum Gasteiger partial charge on any atom is 0.317 e. The molecule has 0 bridgehead atoms. The lowest BCUT2D eigenvalue weighted by molar-refractivity contribution is 0.194. The summed E-state index contributed by atoms with van der Waals surface area (Å²) in [5.41, 5.74) is 0.178. The van der Waals surface area contributed by atoms with Crippen LogP contribution in [0.4, 0.5) is 10.5 Å². The molecule has 0 aromatic heterocycles. The van der Waals surface area contributed by atoms with Crippen LogP contribution in [0.5, 0.6) is 0 Å². The van der Waals surface area contributed by atoms with E-state index in [-0.39, 0.29) is 90.6 Å². The highest BCUT2D eigenvalue weighted by atomic mass is 35.5. The largest absolute Gasteiger partial charge is 0.368 e. The van der Waals surface area contributed by atoms with E-state index in [9.17, 15) is 4.79 Å². The number of carbonyl (C=O) groups is 1. The Hall–Kier alpha value is -1.17. The Bertz CT molecular complexity index is 1090. The molecule has 1 aromatic rings. The summed E-state index contributed by atoms with van der Waals surface area (Å²) in [6.07, 6.45) is -1.52. The van der Waals surface area contributed by atoms with Crippen LogP contribution in [0, 0.1) is 5.92 Å². The molecule has 28 heavy (non-hydrogen) atoms. The summed E-state index contributed by atoms with van der Waals surface area (Å²) in [4.78, 5) is 15.4. The van der Waals surface area contributed by atoms with Gasteiger partial charge in [-0.15, -0.1) is 0 Å². The van der Waals surface area contributed by atoms with Crippen LogP contribution in [-0.2, 0) is 0 Å². The number of amides is 2. The molecule has 0 radical (unpaired) electrons. The number of piperazine rings is 1. The number of urea groups is 1. The van der Waals surface area contributed by atoms with Gasteiger partial charge in [-0.05, 0) is 56.6 Å². The van der Waals surface area contributed by atoms with E-state index in [1.54, 1.807) is 4.90 Å². The summed E-state index contributed by atoms with van der Waals surface area (Å²) in [7, 11) is 0. The molecule has 1 aliphatic heterocycles. The summed E-state index contributed by atoms with van der Waals surface area (Å²) >= 11 is 12.4. The second-order valence-electron chi connectivity index (χ2n) is 6.92. The fraction of sp³-hybridized carbons (Fsp3) is 0.667.